The van der Waals surface area contributed by atoms with Crippen molar-refractivity contribution in [1.82, 2.24) is 29.6 Å². The van der Waals surface area contributed by atoms with Crippen molar-refractivity contribution in [3.63, 3.8) is 0 Å². The number of aryl methyl sites for hydroxylation is 2. The fraction of sp³-hybridized carbons (Fsp3) is 0.273. The Labute approximate surface area is 169 Å². The van der Waals surface area contributed by atoms with Crippen LogP contribution in [0.5, 0.6) is 0 Å². The maximum Gasteiger partial charge on any atom is 0.274 e. The normalized spacial score (nSPS) is 12.3. The molecule has 1 N–H and O–H groups in total. The number of carbonyl (C=O) groups excluding carboxylic acids is 1. The summed E-state index contributed by atoms with van der Waals surface area (Å²) in [4.78, 5) is 23.4. The van der Waals surface area contributed by atoms with Crippen LogP contribution < -0.4 is 0 Å². The smallest absolute Gasteiger partial charge is 0.274 e. The van der Waals surface area contributed by atoms with Gasteiger partial charge in [0, 0.05) is 13.2 Å². The molecule has 1 aromatic carbocycles. The Morgan fingerprint density at radius 2 is 1.97 bits per heavy atom. The van der Waals surface area contributed by atoms with Gasteiger partial charge in [-0.05, 0) is 62.2 Å². The predicted molar refractivity (Wildman–Crippen MR) is 112 cm³/mol. The quantitative estimate of drug-likeness (QED) is 0.566. The highest BCUT2D eigenvalue weighted by atomic mass is 16.2. The number of aromatic nitrogens is 5. The second kappa shape index (κ2) is 7.50. The van der Waals surface area contributed by atoms with Crippen LogP contribution in [0.25, 0.3) is 11.0 Å². The summed E-state index contributed by atoms with van der Waals surface area (Å²) in [5.74, 6) is -0.146. The van der Waals surface area contributed by atoms with Crippen molar-refractivity contribution in [3.05, 3.63) is 77.1 Å². The van der Waals surface area contributed by atoms with Crippen LogP contribution in [-0.2, 0) is 6.54 Å². The largest absolute Gasteiger partial charge is 0.332 e. The van der Waals surface area contributed by atoms with Gasteiger partial charge in [-0.15, -0.1) is 0 Å². The number of rotatable bonds is 5. The van der Waals surface area contributed by atoms with Crippen LogP contribution in [-0.4, -0.2) is 42.6 Å². The summed E-state index contributed by atoms with van der Waals surface area (Å²) in [5.41, 5.74) is 6.57. The van der Waals surface area contributed by atoms with Gasteiger partial charge in [-0.1, -0.05) is 6.07 Å². The molecule has 1 unspecified atom stereocenters. The Balaban J connectivity index is 1.53. The summed E-state index contributed by atoms with van der Waals surface area (Å²) in [6.07, 6.45) is 3.55. The van der Waals surface area contributed by atoms with E-state index in [4.69, 9.17) is 0 Å². The molecule has 0 saturated carbocycles. The van der Waals surface area contributed by atoms with Crippen LogP contribution in [0.3, 0.4) is 0 Å². The molecule has 29 heavy (non-hydrogen) atoms. The highest BCUT2D eigenvalue weighted by Gasteiger charge is 2.22. The maximum atomic E-state index is 12.9. The third kappa shape index (κ3) is 3.63. The van der Waals surface area contributed by atoms with E-state index in [0.29, 0.717) is 12.2 Å². The molecule has 3 aromatic heterocycles. The fourth-order valence-electron chi connectivity index (χ4n) is 3.35. The van der Waals surface area contributed by atoms with Gasteiger partial charge in [0.05, 0.1) is 41.3 Å². The second-order valence-corrected chi connectivity index (χ2v) is 7.42. The van der Waals surface area contributed by atoms with Gasteiger partial charge < -0.3 is 9.47 Å². The second-order valence-electron chi connectivity index (χ2n) is 7.42. The molecule has 0 bridgehead atoms. The van der Waals surface area contributed by atoms with Crippen molar-refractivity contribution in [2.24, 2.45) is 0 Å². The predicted octanol–water partition coefficient (Wildman–Crippen LogP) is 3.65. The highest BCUT2D eigenvalue weighted by molar-refractivity contribution is 5.92. The Morgan fingerprint density at radius 1 is 1.17 bits per heavy atom. The van der Waals surface area contributed by atoms with Crippen molar-refractivity contribution in [1.29, 1.82) is 0 Å². The first-order valence-corrected chi connectivity index (χ1v) is 9.58. The molecule has 4 rings (SSSR count). The first-order chi connectivity index (χ1) is 13.9. The van der Waals surface area contributed by atoms with Crippen molar-refractivity contribution >= 4 is 16.9 Å². The van der Waals surface area contributed by atoms with Gasteiger partial charge in [-0.2, -0.15) is 5.10 Å². The van der Waals surface area contributed by atoms with Gasteiger partial charge in [0.15, 0.2) is 0 Å². The number of nitrogens with zero attached hydrogens (tertiary/aromatic N) is 5. The van der Waals surface area contributed by atoms with Crippen molar-refractivity contribution in [2.75, 3.05) is 7.05 Å². The Morgan fingerprint density at radius 3 is 2.72 bits per heavy atom. The summed E-state index contributed by atoms with van der Waals surface area (Å²) in [6.45, 7) is 6.70. The zero-order valence-electron chi connectivity index (χ0n) is 17.0. The van der Waals surface area contributed by atoms with Gasteiger partial charge in [-0.3, -0.25) is 14.9 Å². The average Bonchev–Trinajstić information content (AvgIpc) is 3.35. The summed E-state index contributed by atoms with van der Waals surface area (Å²) in [5, 5.41) is 7.22. The number of amides is 1. The van der Waals surface area contributed by atoms with E-state index >= 15 is 0 Å². The van der Waals surface area contributed by atoms with Gasteiger partial charge in [-0.25, -0.2) is 4.98 Å². The molecule has 0 aliphatic carbocycles. The minimum absolute atomic E-state index is 0.146. The molecule has 0 radical (unpaired) electrons. The minimum atomic E-state index is -0.146. The molecule has 7 heteroatoms. The lowest BCUT2D eigenvalue weighted by Gasteiger charge is -2.23. The van der Waals surface area contributed by atoms with Crippen LogP contribution in [0.1, 0.15) is 46.0 Å². The molecular weight excluding hydrogens is 364 g/mol. The number of benzene rings is 1. The van der Waals surface area contributed by atoms with E-state index in [1.807, 2.05) is 31.5 Å². The molecule has 0 saturated heterocycles. The number of aromatic amines is 1. The van der Waals surface area contributed by atoms with E-state index in [1.54, 1.807) is 24.2 Å². The van der Waals surface area contributed by atoms with Crippen LogP contribution >= 0.6 is 0 Å². The highest BCUT2D eigenvalue weighted by Crippen LogP contribution is 2.21. The molecule has 4 aromatic rings. The van der Waals surface area contributed by atoms with Crippen molar-refractivity contribution in [2.45, 2.75) is 33.4 Å². The molecule has 1 amide bonds. The first-order valence-electron chi connectivity index (χ1n) is 9.58. The lowest BCUT2D eigenvalue weighted by Crippen LogP contribution is -2.30. The van der Waals surface area contributed by atoms with E-state index < -0.39 is 0 Å². The number of pyridine rings is 1. The molecule has 0 spiro atoms. The van der Waals surface area contributed by atoms with Crippen LogP contribution in [0.2, 0.25) is 0 Å². The Bertz CT molecular complexity index is 1160. The Hall–Kier alpha value is -3.48. The molecule has 0 aliphatic rings. The first kappa shape index (κ1) is 18.9. The van der Waals surface area contributed by atoms with E-state index in [9.17, 15) is 4.79 Å². The van der Waals surface area contributed by atoms with Crippen LogP contribution in [0, 0.1) is 13.8 Å². The molecule has 1 atom stereocenters. The molecular formula is C22H24N6O. The zero-order valence-corrected chi connectivity index (χ0v) is 17.0. The third-order valence-corrected chi connectivity index (χ3v) is 5.44. The molecule has 0 aliphatic heterocycles. The van der Waals surface area contributed by atoms with E-state index in [2.05, 4.69) is 50.7 Å². The zero-order chi connectivity index (χ0) is 20.5. The average molecular weight is 388 g/mol. The van der Waals surface area contributed by atoms with E-state index in [-0.39, 0.29) is 11.9 Å². The van der Waals surface area contributed by atoms with E-state index in [0.717, 1.165) is 22.4 Å². The topological polar surface area (TPSA) is 79.7 Å². The summed E-state index contributed by atoms with van der Waals surface area (Å²) in [7, 11) is 1.77. The van der Waals surface area contributed by atoms with Crippen LogP contribution in [0.4, 0.5) is 0 Å². The molecule has 3 heterocycles. The number of fused-ring (bicyclic) bond motifs is 1. The SMILES string of the molecule is Cc1cc2ncn(Cc3cc(C(=O)N(C)C(C)c4ccccn4)n[nH]3)c2cc1C. The van der Waals surface area contributed by atoms with Gasteiger partial charge in [0.1, 0.15) is 5.69 Å². The number of carbonyl (C=O) groups is 1. The van der Waals surface area contributed by atoms with E-state index in [1.165, 1.54) is 11.1 Å². The third-order valence-electron chi connectivity index (χ3n) is 5.44. The van der Waals surface area contributed by atoms with Gasteiger partial charge in [0.2, 0.25) is 0 Å². The number of imidazole rings is 1. The molecule has 0 fully saturated rings. The van der Waals surface area contributed by atoms with Gasteiger partial charge >= 0.3 is 0 Å². The van der Waals surface area contributed by atoms with Crippen molar-refractivity contribution in [3.8, 4) is 0 Å². The summed E-state index contributed by atoms with van der Waals surface area (Å²) >= 11 is 0. The van der Waals surface area contributed by atoms with Crippen molar-refractivity contribution < 1.29 is 4.79 Å². The number of H-pyrrole nitrogens is 1. The summed E-state index contributed by atoms with van der Waals surface area (Å²) in [6, 6.07) is 11.6. The number of nitrogens with one attached hydrogen (secondary N) is 1. The monoisotopic (exact) mass is 388 g/mol. The molecule has 148 valence electrons. The molecule has 7 nitrogen and oxygen atoms in total. The standard InChI is InChI=1S/C22H24N6O/c1-14-9-19-21(10-15(14)2)28(13-24-19)12-17-11-20(26-25-17)22(29)27(4)16(3)18-7-5-6-8-23-18/h5-11,13,16H,12H2,1-4H3,(H,25,26). The lowest BCUT2D eigenvalue weighted by molar-refractivity contribution is 0.0734. The number of hydrogen-bond acceptors (Lipinski definition) is 4. The maximum absolute atomic E-state index is 12.9. The fourth-order valence-corrected chi connectivity index (χ4v) is 3.35. The Kier molecular flexibility index (Phi) is 4.88. The van der Waals surface area contributed by atoms with Gasteiger partial charge in [0.25, 0.3) is 5.91 Å². The van der Waals surface area contributed by atoms with Crippen LogP contribution in [0.15, 0.2) is 48.9 Å². The lowest BCUT2D eigenvalue weighted by atomic mass is 10.1. The number of hydrogen-bond donors (Lipinski definition) is 1. The minimum Gasteiger partial charge on any atom is -0.332 e. The summed E-state index contributed by atoms with van der Waals surface area (Å²) < 4.78 is 2.06.